The lowest BCUT2D eigenvalue weighted by molar-refractivity contribution is -0.135. The molecule has 9 heteroatoms. The molecule has 1 aromatic rings. The van der Waals surface area contributed by atoms with E-state index in [0.717, 1.165) is 37.9 Å². The van der Waals surface area contributed by atoms with Crippen LogP contribution in [0.2, 0.25) is 0 Å². The molecule has 1 aliphatic heterocycles. The number of hydrogen-bond acceptors (Lipinski definition) is 5. The summed E-state index contributed by atoms with van der Waals surface area (Å²) in [5.41, 5.74) is 0.934. The van der Waals surface area contributed by atoms with Gasteiger partial charge in [0.05, 0.1) is 21.3 Å². The number of ether oxygens (including phenoxy) is 3. The maximum atomic E-state index is 12.8. The van der Waals surface area contributed by atoms with Crippen molar-refractivity contribution in [1.29, 1.82) is 0 Å². The zero-order valence-corrected chi connectivity index (χ0v) is 21.9. The Hall–Kier alpha value is -1.91. The Morgan fingerprint density at radius 1 is 1.06 bits per heavy atom. The minimum Gasteiger partial charge on any atom is -0.493 e. The number of nitrogens with one attached hydrogen (secondary N) is 2. The molecule has 0 bridgehead atoms. The molecule has 1 saturated heterocycles. The fourth-order valence-corrected chi connectivity index (χ4v) is 4.56. The first-order chi connectivity index (χ1) is 15.1. The first-order valence-corrected chi connectivity index (χ1v) is 11.1. The van der Waals surface area contributed by atoms with E-state index in [1.807, 2.05) is 17.0 Å². The number of halogens is 1. The van der Waals surface area contributed by atoms with E-state index < -0.39 is 0 Å². The van der Waals surface area contributed by atoms with Gasteiger partial charge in [0, 0.05) is 44.2 Å². The van der Waals surface area contributed by atoms with Gasteiger partial charge in [0.25, 0.3) is 0 Å². The smallest absolute Gasteiger partial charge is 0.225 e. The molecule has 1 saturated carbocycles. The van der Waals surface area contributed by atoms with Gasteiger partial charge in [-0.2, -0.15) is 0 Å². The molecule has 1 amide bonds. The Balaban J connectivity index is 0.00000363. The monoisotopic (exact) mass is 560 g/mol. The molecule has 0 spiro atoms. The van der Waals surface area contributed by atoms with Crippen molar-refractivity contribution in [3.63, 3.8) is 0 Å². The van der Waals surface area contributed by atoms with E-state index in [2.05, 4.69) is 15.6 Å². The molecule has 8 nitrogen and oxygen atoms in total. The minimum atomic E-state index is 0. The predicted molar refractivity (Wildman–Crippen MR) is 136 cm³/mol. The standard InChI is InChI=1S/C23H36N4O4.HI/c1-24-23(25-14-17-10-11-19(29-2)21(31-4)20(17)30-3)26-18-12-13-27(15-18)22(28)16-8-6-5-7-9-16;/h10-11,16,18H,5-9,12-15H2,1-4H3,(H2,24,25,26);1H. The number of likely N-dealkylation sites (tertiary alicyclic amines) is 1. The van der Waals surface area contributed by atoms with Gasteiger partial charge in [-0.05, 0) is 31.4 Å². The van der Waals surface area contributed by atoms with Gasteiger partial charge >= 0.3 is 0 Å². The summed E-state index contributed by atoms with van der Waals surface area (Å²) in [4.78, 5) is 19.2. The number of carbonyl (C=O) groups is 1. The lowest BCUT2D eigenvalue weighted by Crippen LogP contribution is -2.45. The van der Waals surface area contributed by atoms with Crippen LogP contribution in [-0.2, 0) is 11.3 Å². The number of benzene rings is 1. The van der Waals surface area contributed by atoms with Crippen molar-refractivity contribution in [3.8, 4) is 17.2 Å². The summed E-state index contributed by atoms with van der Waals surface area (Å²) in [6.07, 6.45) is 6.65. The van der Waals surface area contributed by atoms with Gasteiger partial charge in [0.15, 0.2) is 17.5 Å². The Morgan fingerprint density at radius 3 is 2.41 bits per heavy atom. The quantitative estimate of drug-likeness (QED) is 0.303. The molecule has 1 aliphatic carbocycles. The van der Waals surface area contributed by atoms with Crippen LogP contribution in [0.5, 0.6) is 17.2 Å². The van der Waals surface area contributed by atoms with E-state index >= 15 is 0 Å². The van der Waals surface area contributed by atoms with E-state index in [1.165, 1.54) is 19.3 Å². The van der Waals surface area contributed by atoms with E-state index in [4.69, 9.17) is 14.2 Å². The van der Waals surface area contributed by atoms with Crippen molar-refractivity contribution in [2.45, 2.75) is 51.1 Å². The molecule has 1 aromatic carbocycles. The summed E-state index contributed by atoms with van der Waals surface area (Å²) in [5.74, 6) is 3.09. The maximum absolute atomic E-state index is 12.8. The van der Waals surface area contributed by atoms with E-state index in [-0.39, 0.29) is 35.9 Å². The average Bonchev–Trinajstić information content (AvgIpc) is 3.29. The van der Waals surface area contributed by atoms with E-state index in [1.54, 1.807) is 28.4 Å². The van der Waals surface area contributed by atoms with Gasteiger partial charge in [-0.3, -0.25) is 9.79 Å². The van der Waals surface area contributed by atoms with Crippen molar-refractivity contribution < 1.29 is 19.0 Å². The Kier molecular flexibility index (Phi) is 10.7. The molecular formula is C23H37IN4O4. The molecular weight excluding hydrogens is 523 g/mol. The van der Waals surface area contributed by atoms with Crippen LogP contribution in [0.25, 0.3) is 0 Å². The van der Waals surface area contributed by atoms with Crippen molar-refractivity contribution in [2.75, 3.05) is 41.5 Å². The predicted octanol–water partition coefficient (Wildman–Crippen LogP) is 3.18. The lowest BCUT2D eigenvalue weighted by Gasteiger charge is -2.26. The molecule has 2 fully saturated rings. The Labute approximate surface area is 208 Å². The van der Waals surface area contributed by atoms with E-state index in [9.17, 15) is 4.79 Å². The highest BCUT2D eigenvalue weighted by molar-refractivity contribution is 14.0. The second-order valence-corrected chi connectivity index (χ2v) is 8.17. The molecule has 1 unspecified atom stereocenters. The SMILES string of the molecule is CN=C(NCc1ccc(OC)c(OC)c1OC)NC1CCN(C(=O)C2CCCCC2)C1.I. The Morgan fingerprint density at radius 2 is 1.78 bits per heavy atom. The van der Waals surface area contributed by atoms with Crippen LogP contribution in [0, 0.1) is 5.92 Å². The first-order valence-electron chi connectivity index (χ1n) is 11.1. The average molecular weight is 560 g/mol. The summed E-state index contributed by atoms with van der Waals surface area (Å²) in [7, 11) is 6.56. The topological polar surface area (TPSA) is 84.4 Å². The number of amides is 1. The fraction of sp³-hybridized carbons (Fsp3) is 0.652. The largest absolute Gasteiger partial charge is 0.493 e. The van der Waals surface area contributed by atoms with Crippen molar-refractivity contribution in [3.05, 3.63) is 17.7 Å². The third-order valence-electron chi connectivity index (χ3n) is 6.25. The van der Waals surface area contributed by atoms with Crippen molar-refractivity contribution in [2.24, 2.45) is 10.9 Å². The molecule has 180 valence electrons. The lowest BCUT2D eigenvalue weighted by atomic mass is 9.88. The van der Waals surface area contributed by atoms with E-state index in [0.29, 0.717) is 35.7 Å². The summed E-state index contributed by atoms with van der Waals surface area (Å²) in [5, 5.41) is 6.80. The number of methoxy groups -OCH3 is 3. The summed E-state index contributed by atoms with van der Waals surface area (Å²) in [6.45, 7) is 2.06. The first kappa shape index (κ1) is 26.3. The number of carbonyl (C=O) groups excluding carboxylic acids is 1. The van der Waals surface area contributed by atoms with Crippen LogP contribution in [0.15, 0.2) is 17.1 Å². The Bertz CT molecular complexity index is 784. The summed E-state index contributed by atoms with van der Waals surface area (Å²) in [6, 6.07) is 4.01. The summed E-state index contributed by atoms with van der Waals surface area (Å²) >= 11 is 0. The molecule has 0 aromatic heterocycles. The van der Waals surface area contributed by atoms with Gasteiger partial charge in [0.1, 0.15) is 0 Å². The van der Waals surface area contributed by atoms with Gasteiger partial charge < -0.3 is 29.7 Å². The highest BCUT2D eigenvalue weighted by Gasteiger charge is 2.31. The third kappa shape index (κ3) is 6.32. The molecule has 1 atom stereocenters. The molecule has 1 heterocycles. The van der Waals surface area contributed by atoms with Crippen LogP contribution < -0.4 is 24.8 Å². The molecule has 32 heavy (non-hydrogen) atoms. The normalized spacial score (nSPS) is 19.2. The van der Waals surface area contributed by atoms with Gasteiger partial charge in [-0.25, -0.2) is 0 Å². The third-order valence-corrected chi connectivity index (χ3v) is 6.25. The van der Waals surface area contributed by atoms with Gasteiger partial charge in [-0.1, -0.05) is 19.3 Å². The molecule has 3 rings (SSSR count). The van der Waals surface area contributed by atoms with Crippen LogP contribution in [-0.4, -0.2) is 64.3 Å². The fourth-order valence-electron chi connectivity index (χ4n) is 4.56. The number of hydrogen-bond donors (Lipinski definition) is 2. The van der Waals surface area contributed by atoms with Crippen molar-refractivity contribution in [1.82, 2.24) is 15.5 Å². The van der Waals surface area contributed by atoms with Crippen LogP contribution in [0.4, 0.5) is 0 Å². The molecule has 2 N–H and O–H groups in total. The highest BCUT2D eigenvalue weighted by Crippen LogP contribution is 2.39. The van der Waals surface area contributed by atoms with Gasteiger partial charge in [-0.15, -0.1) is 24.0 Å². The van der Waals surface area contributed by atoms with Crippen molar-refractivity contribution >= 4 is 35.8 Å². The van der Waals surface area contributed by atoms with Crippen LogP contribution >= 0.6 is 24.0 Å². The minimum absolute atomic E-state index is 0. The van der Waals surface area contributed by atoms with Crippen LogP contribution in [0.1, 0.15) is 44.1 Å². The number of rotatable bonds is 7. The second kappa shape index (κ2) is 13.0. The zero-order valence-electron chi connectivity index (χ0n) is 19.6. The highest BCUT2D eigenvalue weighted by atomic mass is 127. The molecule has 2 aliphatic rings. The van der Waals surface area contributed by atoms with Gasteiger partial charge in [0.2, 0.25) is 11.7 Å². The van der Waals surface area contributed by atoms with Crippen LogP contribution in [0.3, 0.4) is 0 Å². The summed E-state index contributed by atoms with van der Waals surface area (Å²) < 4.78 is 16.4. The molecule has 0 radical (unpaired) electrons. The number of guanidine groups is 1. The number of aliphatic imine (C=N–C) groups is 1. The zero-order chi connectivity index (χ0) is 22.2. The second-order valence-electron chi connectivity index (χ2n) is 8.17. The number of nitrogens with zero attached hydrogens (tertiary/aromatic N) is 2. The maximum Gasteiger partial charge on any atom is 0.225 e.